The maximum atomic E-state index is 13.4. The standard InChI is InChI=1S/C24H17Br2N3O3S/c1-2-32-24(31)20-19(14-8-4-6-10-17(14)26)15(12-27)21(28)29-22(30)18(33-23(20)29)11-13-7-3-5-9-16(13)25/h3-11,19H,2,28H2,1H3/b18-11+. The molecule has 0 fully saturated rings. The number of aromatic nitrogens is 1. The summed E-state index contributed by atoms with van der Waals surface area (Å²) in [7, 11) is 0. The van der Waals surface area contributed by atoms with Crippen LogP contribution in [0.15, 0.2) is 67.8 Å². The lowest BCUT2D eigenvalue weighted by Crippen LogP contribution is -2.40. The number of rotatable bonds is 4. The van der Waals surface area contributed by atoms with E-state index in [9.17, 15) is 14.9 Å². The van der Waals surface area contributed by atoms with Crippen LogP contribution >= 0.6 is 43.2 Å². The number of nitrogens with zero attached hydrogens (tertiary/aromatic N) is 2. The van der Waals surface area contributed by atoms with Gasteiger partial charge in [-0.25, -0.2) is 4.79 Å². The summed E-state index contributed by atoms with van der Waals surface area (Å²) in [5.41, 5.74) is 7.79. The van der Waals surface area contributed by atoms with Crippen LogP contribution in [0.5, 0.6) is 0 Å². The van der Waals surface area contributed by atoms with Crippen molar-refractivity contribution >= 4 is 66.6 Å². The maximum absolute atomic E-state index is 13.4. The van der Waals surface area contributed by atoms with E-state index in [1.165, 1.54) is 4.57 Å². The Morgan fingerprint density at radius 3 is 2.52 bits per heavy atom. The Morgan fingerprint density at radius 2 is 1.88 bits per heavy atom. The summed E-state index contributed by atoms with van der Waals surface area (Å²) in [6, 6.07) is 16.9. The van der Waals surface area contributed by atoms with Crippen molar-refractivity contribution < 1.29 is 9.53 Å². The average molecular weight is 587 g/mol. The molecule has 1 atom stereocenters. The lowest BCUT2D eigenvalue weighted by molar-refractivity contribution is -0.136. The molecule has 166 valence electrons. The highest BCUT2D eigenvalue weighted by Gasteiger charge is 2.37. The molecule has 1 aliphatic heterocycles. The SMILES string of the molecule is CCOC(=O)C1=c2s/c(=C/c3ccccc3Br)c(=O)n2C(N)=C(C#N)C1c1ccccc1Br. The number of nitrogens with two attached hydrogens (primary N) is 1. The number of carbonyl (C=O) groups excluding carboxylic acids is 1. The van der Waals surface area contributed by atoms with E-state index >= 15 is 0 Å². The van der Waals surface area contributed by atoms with Gasteiger partial charge in [-0.2, -0.15) is 5.26 Å². The van der Waals surface area contributed by atoms with Gasteiger partial charge in [-0.05, 0) is 36.3 Å². The molecule has 4 rings (SSSR count). The zero-order valence-electron chi connectivity index (χ0n) is 17.3. The second-order valence-electron chi connectivity index (χ2n) is 7.08. The zero-order valence-corrected chi connectivity index (χ0v) is 21.3. The highest BCUT2D eigenvalue weighted by molar-refractivity contribution is 9.10. The number of benzene rings is 2. The number of carbonyl (C=O) groups is 1. The number of fused-ring (bicyclic) bond motifs is 1. The smallest absolute Gasteiger partial charge is 0.338 e. The van der Waals surface area contributed by atoms with E-state index in [1.54, 1.807) is 13.0 Å². The Balaban J connectivity index is 2.14. The van der Waals surface area contributed by atoms with Gasteiger partial charge in [-0.15, -0.1) is 11.3 Å². The molecule has 3 aromatic rings. The van der Waals surface area contributed by atoms with Crippen molar-refractivity contribution in [1.29, 1.82) is 5.26 Å². The van der Waals surface area contributed by atoms with Gasteiger partial charge < -0.3 is 10.5 Å². The van der Waals surface area contributed by atoms with Gasteiger partial charge in [0.1, 0.15) is 10.5 Å². The minimum absolute atomic E-state index is 0.00864. The molecule has 2 heterocycles. The number of esters is 1. The third kappa shape index (κ3) is 4.10. The fraction of sp³-hybridized carbons (Fsp3) is 0.125. The Kier molecular flexibility index (Phi) is 6.70. The first kappa shape index (κ1) is 23.2. The molecule has 6 nitrogen and oxygen atoms in total. The van der Waals surface area contributed by atoms with Crippen molar-refractivity contribution in [3.05, 3.63) is 93.7 Å². The van der Waals surface area contributed by atoms with E-state index in [4.69, 9.17) is 10.5 Å². The van der Waals surface area contributed by atoms with Crippen LogP contribution in [0.4, 0.5) is 0 Å². The lowest BCUT2D eigenvalue weighted by atomic mass is 9.84. The van der Waals surface area contributed by atoms with Crippen molar-refractivity contribution in [2.45, 2.75) is 12.8 Å². The van der Waals surface area contributed by atoms with Crippen LogP contribution in [0.3, 0.4) is 0 Å². The number of hydrogen-bond acceptors (Lipinski definition) is 6. The van der Waals surface area contributed by atoms with Gasteiger partial charge in [-0.3, -0.25) is 9.36 Å². The predicted molar refractivity (Wildman–Crippen MR) is 135 cm³/mol. The van der Waals surface area contributed by atoms with E-state index in [1.807, 2.05) is 48.5 Å². The third-order valence-electron chi connectivity index (χ3n) is 5.17. The lowest BCUT2D eigenvalue weighted by Gasteiger charge is -2.25. The highest BCUT2D eigenvalue weighted by atomic mass is 79.9. The molecule has 1 aromatic heterocycles. The zero-order chi connectivity index (χ0) is 23.7. The van der Waals surface area contributed by atoms with Crippen LogP contribution in [-0.2, 0) is 9.53 Å². The number of ether oxygens (including phenoxy) is 1. The van der Waals surface area contributed by atoms with E-state index in [0.717, 1.165) is 21.4 Å². The summed E-state index contributed by atoms with van der Waals surface area (Å²) in [6.07, 6.45) is 1.73. The summed E-state index contributed by atoms with van der Waals surface area (Å²) in [5.74, 6) is -1.37. The molecule has 0 spiro atoms. The summed E-state index contributed by atoms with van der Waals surface area (Å²) < 4.78 is 8.87. The number of thiazole rings is 1. The van der Waals surface area contributed by atoms with Crippen LogP contribution in [-0.4, -0.2) is 17.1 Å². The number of nitriles is 1. The van der Waals surface area contributed by atoms with Crippen LogP contribution in [0.25, 0.3) is 17.5 Å². The highest BCUT2D eigenvalue weighted by Crippen LogP contribution is 2.39. The number of allylic oxidation sites excluding steroid dienone is 1. The molecule has 0 saturated heterocycles. The van der Waals surface area contributed by atoms with E-state index in [-0.39, 0.29) is 23.6 Å². The first-order valence-electron chi connectivity index (χ1n) is 9.93. The fourth-order valence-electron chi connectivity index (χ4n) is 3.71. The van der Waals surface area contributed by atoms with Gasteiger partial charge in [0.2, 0.25) is 0 Å². The number of hydrogen-bond donors (Lipinski definition) is 1. The average Bonchev–Trinajstić information content (AvgIpc) is 3.11. The minimum Gasteiger partial charge on any atom is -0.463 e. The minimum atomic E-state index is -0.779. The van der Waals surface area contributed by atoms with E-state index in [2.05, 4.69) is 37.9 Å². The molecule has 9 heteroatoms. The van der Waals surface area contributed by atoms with Crippen LogP contribution in [0.1, 0.15) is 24.0 Å². The van der Waals surface area contributed by atoms with Crippen LogP contribution in [0.2, 0.25) is 0 Å². The summed E-state index contributed by atoms with van der Waals surface area (Å²) in [4.78, 5) is 26.5. The van der Waals surface area contributed by atoms with E-state index < -0.39 is 17.4 Å². The third-order valence-corrected chi connectivity index (χ3v) is 7.72. The first-order chi connectivity index (χ1) is 15.9. The van der Waals surface area contributed by atoms with Gasteiger partial charge in [0, 0.05) is 8.95 Å². The van der Waals surface area contributed by atoms with Crippen LogP contribution < -0.4 is 20.5 Å². The van der Waals surface area contributed by atoms with Crippen molar-refractivity contribution in [3.63, 3.8) is 0 Å². The summed E-state index contributed by atoms with van der Waals surface area (Å²) in [6.45, 7) is 1.86. The molecular weight excluding hydrogens is 570 g/mol. The molecule has 1 aliphatic rings. The second-order valence-corrected chi connectivity index (χ2v) is 9.82. The molecule has 1 unspecified atom stereocenters. The number of halogens is 2. The predicted octanol–water partition coefficient (Wildman–Crippen LogP) is 3.43. The molecule has 0 amide bonds. The Labute approximate surface area is 210 Å². The molecule has 2 N–H and O–H groups in total. The van der Waals surface area contributed by atoms with Crippen molar-refractivity contribution in [1.82, 2.24) is 4.57 Å². The first-order valence-corrected chi connectivity index (χ1v) is 12.3. The summed E-state index contributed by atoms with van der Waals surface area (Å²) >= 11 is 8.16. The Hall–Kier alpha value is -2.93. The van der Waals surface area contributed by atoms with Gasteiger partial charge >= 0.3 is 5.97 Å². The Bertz CT molecular complexity index is 1530. The maximum Gasteiger partial charge on any atom is 0.338 e. The molecule has 0 aliphatic carbocycles. The Morgan fingerprint density at radius 1 is 1.21 bits per heavy atom. The topological polar surface area (TPSA) is 98.1 Å². The molecule has 33 heavy (non-hydrogen) atoms. The fourth-order valence-corrected chi connectivity index (χ4v) is 5.78. The van der Waals surface area contributed by atoms with Crippen LogP contribution in [0, 0.1) is 11.3 Å². The largest absolute Gasteiger partial charge is 0.463 e. The van der Waals surface area contributed by atoms with Gasteiger partial charge in [0.05, 0.1) is 34.3 Å². The normalized spacial score (nSPS) is 15.9. The molecule has 2 aromatic carbocycles. The van der Waals surface area contributed by atoms with Gasteiger partial charge in [-0.1, -0.05) is 68.3 Å². The molecule has 0 bridgehead atoms. The summed E-state index contributed by atoms with van der Waals surface area (Å²) in [5, 5.41) is 10.0. The van der Waals surface area contributed by atoms with Gasteiger partial charge in [0.25, 0.3) is 5.56 Å². The molecular formula is C24H17Br2N3O3S. The van der Waals surface area contributed by atoms with Gasteiger partial charge in [0.15, 0.2) is 0 Å². The van der Waals surface area contributed by atoms with E-state index in [0.29, 0.717) is 19.2 Å². The molecule has 0 saturated carbocycles. The monoisotopic (exact) mass is 585 g/mol. The second kappa shape index (κ2) is 9.51. The van der Waals surface area contributed by atoms with Crippen molar-refractivity contribution in [2.75, 3.05) is 6.61 Å². The quantitative estimate of drug-likeness (QED) is 0.472. The molecule has 0 radical (unpaired) electrons. The van der Waals surface area contributed by atoms with Crippen molar-refractivity contribution in [2.24, 2.45) is 5.73 Å². The van der Waals surface area contributed by atoms with Crippen molar-refractivity contribution in [3.8, 4) is 6.07 Å².